The lowest BCUT2D eigenvalue weighted by Crippen LogP contribution is -2.18. The van der Waals surface area contributed by atoms with Crippen molar-refractivity contribution in [1.82, 2.24) is 9.36 Å². The topological polar surface area (TPSA) is 75.7 Å². The lowest BCUT2D eigenvalue weighted by Gasteiger charge is -2.12. The summed E-state index contributed by atoms with van der Waals surface area (Å²) in [5, 5.41) is 7.25. The monoisotopic (exact) mass is 304 g/mol. The molecule has 0 amide bonds. The van der Waals surface area contributed by atoms with Crippen molar-refractivity contribution in [3.05, 3.63) is 35.7 Å². The molecule has 0 aliphatic rings. The number of nitrogens with one attached hydrogen (secondary N) is 1. The van der Waals surface area contributed by atoms with Gasteiger partial charge in [0.15, 0.2) is 4.34 Å². The van der Waals surface area contributed by atoms with Crippen LogP contribution in [0.3, 0.4) is 0 Å². The molecule has 9 heteroatoms. The molecule has 1 heterocycles. The largest absolute Gasteiger partial charge is 0.417 e. The van der Waals surface area contributed by atoms with Gasteiger partial charge in [-0.15, -0.1) is 0 Å². The zero-order valence-corrected chi connectivity index (χ0v) is 10.9. The summed E-state index contributed by atoms with van der Waals surface area (Å²) in [6.45, 7) is 0. The van der Waals surface area contributed by atoms with Crippen molar-refractivity contribution in [1.29, 1.82) is 5.41 Å². The van der Waals surface area contributed by atoms with E-state index in [-0.39, 0.29) is 5.56 Å². The van der Waals surface area contributed by atoms with Gasteiger partial charge in [0.2, 0.25) is 0 Å². The van der Waals surface area contributed by atoms with Crippen LogP contribution in [0.15, 0.2) is 33.8 Å². The van der Waals surface area contributed by atoms with E-state index in [1.807, 2.05) is 0 Å². The third-order valence-corrected chi connectivity index (χ3v) is 3.84. The second-order valence-corrected chi connectivity index (χ2v) is 5.53. The first-order valence-corrected chi connectivity index (χ1v) is 6.47. The van der Waals surface area contributed by atoms with Crippen LogP contribution in [-0.4, -0.2) is 15.2 Å². The van der Waals surface area contributed by atoms with Crippen molar-refractivity contribution in [3.8, 4) is 0 Å². The van der Waals surface area contributed by atoms with Crippen LogP contribution in [0.2, 0.25) is 0 Å². The number of nitrogens with two attached hydrogens (primary N) is 1. The molecular formula is C10H7F3N4S2. The number of nitrogen functional groups attached to an aromatic ring is 1. The van der Waals surface area contributed by atoms with Crippen molar-refractivity contribution < 1.29 is 13.2 Å². The minimum atomic E-state index is -4.53. The van der Waals surface area contributed by atoms with Crippen LogP contribution in [0, 0.1) is 5.41 Å². The second-order valence-electron chi connectivity index (χ2n) is 3.43. The Morgan fingerprint density at radius 3 is 2.63 bits per heavy atom. The van der Waals surface area contributed by atoms with Crippen LogP contribution in [0.4, 0.5) is 13.2 Å². The Bertz CT molecular complexity index is 595. The highest BCUT2D eigenvalue weighted by molar-refractivity contribution is 8.01. The molecule has 3 N–H and O–H groups in total. The van der Waals surface area contributed by atoms with E-state index in [1.54, 1.807) is 0 Å². The van der Waals surface area contributed by atoms with Crippen LogP contribution in [0.25, 0.3) is 0 Å². The number of nitrogens with zero attached hydrogens (tertiary/aromatic N) is 2. The maximum Gasteiger partial charge on any atom is 0.417 e. The summed E-state index contributed by atoms with van der Waals surface area (Å²) in [6, 6.07) is 3.47. The highest BCUT2D eigenvalue weighted by Crippen LogP contribution is 2.35. The first-order valence-electron chi connectivity index (χ1n) is 4.88. The molecule has 19 heavy (non-hydrogen) atoms. The van der Waals surface area contributed by atoms with E-state index in [2.05, 4.69) is 9.36 Å². The number of rotatable bonds is 3. The van der Waals surface area contributed by atoms with Crippen LogP contribution < -0.4 is 5.73 Å². The lowest BCUT2D eigenvalue weighted by molar-refractivity contribution is -0.137. The minimum absolute atomic E-state index is 0.331. The fourth-order valence-corrected chi connectivity index (χ4v) is 2.83. The molecule has 0 saturated carbocycles. The van der Waals surface area contributed by atoms with Crippen LogP contribution in [0.5, 0.6) is 0 Å². The van der Waals surface area contributed by atoms with Gasteiger partial charge in [-0.2, -0.15) is 17.5 Å². The van der Waals surface area contributed by atoms with E-state index >= 15 is 0 Å². The molecule has 0 bridgehead atoms. The molecule has 2 aromatic rings. The molecule has 1 aromatic carbocycles. The molecule has 0 spiro atoms. The van der Waals surface area contributed by atoms with Crippen LogP contribution in [0.1, 0.15) is 11.1 Å². The number of aromatic nitrogens is 2. The summed E-state index contributed by atoms with van der Waals surface area (Å²) < 4.78 is 42.6. The molecule has 0 aliphatic carbocycles. The van der Waals surface area contributed by atoms with Gasteiger partial charge in [0.1, 0.15) is 12.2 Å². The van der Waals surface area contributed by atoms with E-state index in [0.717, 1.165) is 17.6 Å². The van der Waals surface area contributed by atoms with E-state index in [9.17, 15) is 13.2 Å². The summed E-state index contributed by atoms with van der Waals surface area (Å²) >= 11 is 2.31. The smallest absolute Gasteiger partial charge is 0.384 e. The number of amidine groups is 1. The summed E-state index contributed by atoms with van der Waals surface area (Å²) in [5.74, 6) is -0.618. The molecule has 0 saturated heterocycles. The first-order chi connectivity index (χ1) is 8.88. The third-order valence-electron chi connectivity index (χ3n) is 2.13. The van der Waals surface area contributed by atoms with E-state index in [0.29, 0.717) is 9.24 Å². The van der Waals surface area contributed by atoms with Gasteiger partial charge in [0, 0.05) is 10.5 Å². The van der Waals surface area contributed by atoms with Crippen molar-refractivity contribution in [2.24, 2.45) is 5.73 Å². The van der Waals surface area contributed by atoms with E-state index < -0.39 is 17.6 Å². The normalized spacial score (nSPS) is 11.5. The van der Waals surface area contributed by atoms with Crippen molar-refractivity contribution in [2.75, 3.05) is 0 Å². The van der Waals surface area contributed by atoms with E-state index in [4.69, 9.17) is 11.1 Å². The van der Waals surface area contributed by atoms with Gasteiger partial charge in [-0.05, 0) is 29.7 Å². The zero-order valence-electron chi connectivity index (χ0n) is 9.23. The third kappa shape index (κ3) is 3.24. The van der Waals surface area contributed by atoms with Crippen LogP contribution >= 0.6 is 23.3 Å². The standard InChI is InChI=1S/C10H7F3N4S2/c11-10(12,13)7-2-1-5(3-6(7)8(14)15)18-9-16-4-17-19-9/h1-4H,(H3,14,15). The van der Waals surface area contributed by atoms with Gasteiger partial charge >= 0.3 is 6.18 Å². The first kappa shape index (κ1) is 13.8. The molecule has 0 unspecified atom stereocenters. The number of benzene rings is 1. The predicted molar refractivity (Wildman–Crippen MR) is 66.5 cm³/mol. The van der Waals surface area contributed by atoms with Gasteiger partial charge in [0.05, 0.1) is 5.56 Å². The SMILES string of the molecule is N=C(N)c1cc(Sc2ncns2)ccc1C(F)(F)F. The fourth-order valence-electron chi connectivity index (χ4n) is 1.37. The fraction of sp³-hybridized carbons (Fsp3) is 0.100. The zero-order chi connectivity index (χ0) is 14.0. The molecule has 0 atom stereocenters. The summed E-state index contributed by atoms with van der Waals surface area (Å²) in [6.07, 6.45) is -3.17. The van der Waals surface area contributed by atoms with Gasteiger partial charge in [0.25, 0.3) is 0 Å². The lowest BCUT2D eigenvalue weighted by atomic mass is 10.1. The van der Waals surface area contributed by atoms with Crippen molar-refractivity contribution in [3.63, 3.8) is 0 Å². The highest BCUT2D eigenvalue weighted by atomic mass is 32.2. The van der Waals surface area contributed by atoms with Gasteiger partial charge in [-0.1, -0.05) is 11.8 Å². The van der Waals surface area contributed by atoms with Gasteiger partial charge < -0.3 is 5.73 Å². The summed E-state index contributed by atoms with van der Waals surface area (Å²) in [4.78, 5) is 4.44. The summed E-state index contributed by atoms with van der Waals surface area (Å²) in [5.41, 5.74) is 3.96. The van der Waals surface area contributed by atoms with Gasteiger partial charge in [-0.25, -0.2) is 4.98 Å². The quantitative estimate of drug-likeness (QED) is 0.675. The number of hydrogen-bond donors (Lipinski definition) is 2. The van der Waals surface area contributed by atoms with E-state index in [1.165, 1.54) is 30.2 Å². The molecule has 2 rings (SSSR count). The maximum atomic E-state index is 12.7. The number of halogens is 3. The van der Waals surface area contributed by atoms with Gasteiger partial charge in [-0.3, -0.25) is 5.41 Å². The molecule has 4 nitrogen and oxygen atoms in total. The molecule has 0 radical (unpaired) electrons. The molecule has 0 aliphatic heterocycles. The Labute approximate surface area is 114 Å². The highest BCUT2D eigenvalue weighted by Gasteiger charge is 2.34. The minimum Gasteiger partial charge on any atom is -0.384 e. The summed E-state index contributed by atoms with van der Waals surface area (Å²) in [7, 11) is 0. The Balaban J connectivity index is 2.39. The van der Waals surface area contributed by atoms with Crippen LogP contribution in [-0.2, 0) is 6.18 Å². The maximum absolute atomic E-state index is 12.7. The average molecular weight is 304 g/mol. The Hall–Kier alpha value is -1.61. The predicted octanol–water partition coefficient (Wildman–Crippen LogP) is 2.99. The van der Waals surface area contributed by atoms with Crippen molar-refractivity contribution >= 4 is 29.1 Å². The Morgan fingerprint density at radius 2 is 2.11 bits per heavy atom. The second kappa shape index (κ2) is 5.17. The Kier molecular flexibility index (Phi) is 3.76. The molecule has 0 fully saturated rings. The molecular weight excluding hydrogens is 297 g/mol. The average Bonchev–Trinajstić information content (AvgIpc) is 2.80. The number of hydrogen-bond acceptors (Lipinski definition) is 5. The molecule has 1 aromatic heterocycles. The molecule has 100 valence electrons. The number of alkyl halides is 3. The van der Waals surface area contributed by atoms with Crippen molar-refractivity contribution in [2.45, 2.75) is 15.4 Å². The Morgan fingerprint density at radius 1 is 1.37 bits per heavy atom.